The number of hydrogen-bond donors (Lipinski definition) is 2. The number of carbonyl (C=O) groups is 2. The van der Waals surface area contributed by atoms with Crippen molar-refractivity contribution in [1.29, 1.82) is 0 Å². The second-order valence-electron chi connectivity index (χ2n) is 9.26. The molecule has 34 heavy (non-hydrogen) atoms. The van der Waals surface area contributed by atoms with Crippen LogP contribution in [0, 0.1) is 5.92 Å². The number of nitrogens with one attached hydrogen (secondary N) is 1. The highest BCUT2D eigenvalue weighted by atomic mass is 16.5. The largest absolute Gasteiger partial charge is 0.481 e. The van der Waals surface area contributed by atoms with Crippen molar-refractivity contribution < 1.29 is 19.4 Å². The van der Waals surface area contributed by atoms with Gasteiger partial charge in [-0.1, -0.05) is 12.1 Å². The molecule has 2 aromatic rings. The van der Waals surface area contributed by atoms with Crippen molar-refractivity contribution in [3.63, 3.8) is 0 Å². The summed E-state index contributed by atoms with van der Waals surface area (Å²) in [7, 11) is 1.55. The average molecular weight is 467 g/mol. The average Bonchev–Trinajstić information content (AvgIpc) is 3.21. The fourth-order valence-electron chi connectivity index (χ4n) is 5.00. The minimum absolute atomic E-state index is 0.0476. The monoisotopic (exact) mass is 466 g/mol. The Morgan fingerprint density at radius 3 is 2.97 bits per heavy atom. The lowest BCUT2D eigenvalue weighted by atomic mass is 9.92. The number of pyridine rings is 2. The zero-order valence-electron chi connectivity index (χ0n) is 19.8. The molecule has 0 spiro atoms. The van der Waals surface area contributed by atoms with Crippen molar-refractivity contribution in [3.8, 4) is 5.88 Å². The van der Waals surface area contributed by atoms with Crippen LogP contribution in [0.2, 0.25) is 0 Å². The summed E-state index contributed by atoms with van der Waals surface area (Å²) in [6.07, 6.45) is 7.93. The van der Waals surface area contributed by atoms with Crippen molar-refractivity contribution in [3.05, 3.63) is 47.3 Å². The van der Waals surface area contributed by atoms with Gasteiger partial charge in [-0.15, -0.1) is 0 Å². The number of hydrogen-bond acceptors (Lipinski definition) is 6. The molecule has 0 saturated carbocycles. The van der Waals surface area contributed by atoms with E-state index in [0.717, 1.165) is 68.7 Å². The maximum Gasteiger partial charge on any atom is 0.303 e. The number of carboxylic acids is 1. The van der Waals surface area contributed by atoms with E-state index in [-0.39, 0.29) is 24.2 Å². The maximum absolute atomic E-state index is 12.9. The minimum Gasteiger partial charge on any atom is -0.481 e. The number of aryl methyl sites for hydroxylation is 2. The van der Waals surface area contributed by atoms with Gasteiger partial charge in [0.15, 0.2) is 0 Å². The summed E-state index contributed by atoms with van der Waals surface area (Å²) >= 11 is 0. The zero-order chi connectivity index (χ0) is 23.9. The van der Waals surface area contributed by atoms with Crippen LogP contribution in [-0.2, 0) is 22.4 Å². The SMILES string of the molecule is COc1ccc(C(CCCN2CCC(CCc3ccc4c(n3)NCCC4)C2=O)CC(=O)O)cn1. The lowest BCUT2D eigenvalue weighted by Gasteiger charge is -2.20. The summed E-state index contributed by atoms with van der Waals surface area (Å²) in [6.45, 7) is 2.41. The number of aliphatic carboxylic acids is 1. The number of fused-ring (bicyclic) bond motifs is 1. The Morgan fingerprint density at radius 1 is 1.32 bits per heavy atom. The third-order valence-electron chi connectivity index (χ3n) is 6.95. The molecule has 1 fully saturated rings. The molecule has 2 aliphatic rings. The van der Waals surface area contributed by atoms with Crippen LogP contribution in [-0.4, -0.2) is 58.6 Å². The highest BCUT2D eigenvalue weighted by Gasteiger charge is 2.31. The van der Waals surface area contributed by atoms with Crippen LogP contribution in [0.3, 0.4) is 0 Å². The number of aromatic nitrogens is 2. The molecule has 4 rings (SSSR count). The summed E-state index contributed by atoms with van der Waals surface area (Å²) in [5.41, 5.74) is 3.22. The quantitative estimate of drug-likeness (QED) is 0.521. The van der Waals surface area contributed by atoms with Gasteiger partial charge in [-0.2, -0.15) is 0 Å². The Bertz CT molecular complexity index is 995. The first-order chi connectivity index (χ1) is 16.5. The summed E-state index contributed by atoms with van der Waals surface area (Å²) in [5, 5.41) is 12.7. The smallest absolute Gasteiger partial charge is 0.303 e. The van der Waals surface area contributed by atoms with Crippen LogP contribution in [0.1, 0.15) is 61.3 Å². The molecular formula is C26H34N4O4. The molecule has 2 N–H and O–H groups in total. The first-order valence-electron chi connectivity index (χ1n) is 12.3. The number of ether oxygens (including phenoxy) is 1. The van der Waals surface area contributed by atoms with Crippen LogP contribution >= 0.6 is 0 Å². The first kappa shape index (κ1) is 24.0. The molecule has 182 valence electrons. The van der Waals surface area contributed by atoms with Gasteiger partial charge in [-0.25, -0.2) is 9.97 Å². The van der Waals surface area contributed by atoms with Crippen molar-refractivity contribution in [2.75, 3.05) is 32.1 Å². The second-order valence-corrected chi connectivity index (χ2v) is 9.26. The number of amides is 1. The lowest BCUT2D eigenvalue weighted by molar-refractivity contribution is -0.137. The van der Waals surface area contributed by atoms with E-state index in [9.17, 15) is 14.7 Å². The fraction of sp³-hybridized carbons (Fsp3) is 0.538. The molecule has 2 aromatic heterocycles. The summed E-state index contributed by atoms with van der Waals surface area (Å²) in [6, 6.07) is 7.89. The molecule has 8 nitrogen and oxygen atoms in total. The third-order valence-corrected chi connectivity index (χ3v) is 6.95. The van der Waals surface area contributed by atoms with E-state index in [2.05, 4.69) is 22.4 Å². The molecule has 0 radical (unpaired) electrons. The summed E-state index contributed by atoms with van der Waals surface area (Å²) in [5.74, 6) is 0.820. The molecule has 2 atom stereocenters. The van der Waals surface area contributed by atoms with Crippen LogP contribution < -0.4 is 10.1 Å². The van der Waals surface area contributed by atoms with Crippen LogP contribution in [0.4, 0.5) is 5.82 Å². The van der Waals surface area contributed by atoms with Gasteiger partial charge in [0.2, 0.25) is 11.8 Å². The Labute approximate surface area is 200 Å². The van der Waals surface area contributed by atoms with E-state index < -0.39 is 5.97 Å². The highest BCUT2D eigenvalue weighted by Crippen LogP contribution is 2.28. The molecule has 0 aromatic carbocycles. The van der Waals surface area contributed by atoms with Crippen molar-refractivity contribution in [1.82, 2.24) is 14.9 Å². The van der Waals surface area contributed by atoms with Crippen molar-refractivity contribution >= 4 is 17.7 Å². The van der Waals surface area contributed by atoms with Gasteiger partial charge in [0.1, 0.15) is 5.82 Å². The van der Waals surface area contributed by atoms with E-state index in [4.69, 9.17) is 9.72 Å². The number of nitrogens with zero attached hydrogens (tertiary/aromatic N) is 3. The zero-order valence-corrected chi connectivity index (χ0v) is 19.8. The third kappa shape index (κ3) is 6.04. The summed E-state index contributed by atoms with van der Waals surface area (Å²) < 4.78 is 5.09. The van der Waals surface area contributed by atoms with Crippen LogP contribution in [0.15, 0.2) is 30.5 Å². The first-order valence-corrected chi connectivity index (χ1v) is 12.3. The van der Waals surface area contributed by atoms with Gasteiger partial charge in [-0.05, 0) is 68.1 Å². The molecule has 8 heteroatoms. The van der Waals surface area contributed by atoms with Gasteiger partial charge in [0.25, 0.3) is 0 Å². The number of methoxy groups -OCH3 is 1. The number of carboxylic acid groups (broad SMARTS) is 1. The Morgan fingerprint density at radius 2 is 2.21 bits per heavy atom. The van der Waals surface area contributed by atoms with Gasteiger partial charge < -0.3 is 20.1 Å². The number of rotatable bonds is 11. The van der Waals surface area contributed by atoms with Gasteiger partial charge in [0, 0.05) is 43.5 Å². The molecule has 0 aliphatic carbocycles. The predicted molar refractivity (Wildman–Crippen MR) is 129 cm³/mol. The molecule has 0 bridgehead atoms. The molecule has 1 amide bonds. The summed E-state index contributed by atoms with van der Waals surface area (Å²) in [4.78, 5) is 35.2. The molecular weight excluding hydrogens is 432 g/mol. The van der Waals surface area contributed by atoms with Gasteiger partial charge >= 0.3 is 5.97 Å². The van der Waals surface area contributed by atoms with E-state index in [1.807, 2.05) is 11.0 Å². The molecule has 1 saturated heterocycles. The predicted octanol–water partition coefficient (Wildman–Crippen LogP) is 3.66. The Balaban J connectivity index is 1.25. The Kier molecular flexibility index (Phi) is 7.98. The maximum atomic E-state index is 12.9. The van der Waals surface area contributed by atoms with Crippen LogP contribution in [0.5, 0.6) is 5.88 Å². The topological polar surface area (TPSA) is 105 Å². The fourth-order valence-corrected chi connectivity index (χ4v) is 5.00. The molecule has 2 unspecified atom stereocenters. The number of carbonyl (C=O) groups excluding carboxylic acids is 1. The highest BCUT2D eigenvalue weighted by molar-refractivity contribution is 5.80. The lowest BCUT2D eigenvalue weighted by Crippen LogP contribution is -2.29. The van der Waals surface area contributed by atoms with E-state index in [1.54, 1.807) is 19.4 Å². The van der Waals surface area contributed by atoms with Crippen LogP contribution in [0.25, 0.3) is 0 Å². The minimum atomic E-state index is -0.830. The second kappa shape index (κ2) is 11.3. The van der Waals surface area contributed by atoms with Gasteiger partial charge in [0.05, 0.1) is 13.5 Å². The normalized spacial score (nSPS) is 18.3. The van der Waals surface area contributed by atoms with E-state index in [0.29, 0.717) is 18.8 Å². The van der Waals surface area contributed by atoms with Gasteiger partial charge in [-0.3, -0.25) is 9.59 Å². The standard InChI is InChI=1S/C26H34N4O4/c1-34-23-11-8-21(17-28-23)20(16-24(31)32)5-3-14-30-15-12-19(26(30)33)7-10-22-9-6-18-4-2-13-27-25(18)29-22/h6,8-9,11,17,19-20H,2-5,7,10,12-16H2,1H3,(H,27,29)(H,31,32). The number of likely N-dealkylation sites (tertiary alicyclic amines) is 1. The number of anilines is 1. The van der Waals surface area contributed by atoms with E-state index >= 15 is 0 Å². The Hall–Kier alpha value is -3.16. The van der Waals surface area contributed by atoms with Crippen molar-refractivity contribution in [2.24, 2.45) is 5.92 Å². The molecule has 4 heterocycles. The van der Waals surface area contributed by atoms with Crippen molar-refractivity contribution in [2.45, 2.75) is 57.3 Å². The molecule has 2 aliphatic heterocycles. The van der Waals surface area contributed by atoms with E-state index in [1.165, 1.54) is 5.56 Å².